The van der Waals surface area contributed by atoms with Crippen molar-refractivity contribution in [3.8, 4) is 11.1 Å². The molecule has 0 saturated heterocycles. The van der Waals surface area contributed by atoms with Crippen LogP contribution in [0.25, 0.3) is 11.1 Å². The van der Waals surface area contributed by atoms with Crippen LogP contribution in [-0.2, 0) is 19.1 Å². The number of esters is 1. The number of carbonyl (C=O) groups excluding carboxylic acids is 2. The first-order chi connectivity index (χ1) is 13.4. The lowest BCUT2D eigenvalue weighted by Gasteiger charge is -2.21. The van der Waals surface area contributed by atoms with Crippen molar-refractivity contribution < 1.29 is 24.2 Å². The fraction of sp³-hybridized carbons (Fsp3) is 0.318. The van der Waals surface area contributed by atoms with Gasteiger partial charge in [-0.2, -0.15) is 0 Å². The van der Waals surface area contributed by atoms with Gasteiger partial charge in [-0.25, -0.2) is 4.79 Å². The van der Waals surface area contributed by atoms with E-state index >= 15 is 0 Å². The Balaban J connectivity index is 1.83. The molecule has 0 heterocycles. The molecular weight excluding hydrogens is 358 g/mol. The minimum absolute atomic E-state index is 0.0318. The number of ether oxygens (including phenoxy) is 1. The van der Waals surface area contributed by atoms with E-state index < -0.39 is 29.8 Å². The van der Waals surface area contributed by atoms with E-state index in [0.29, 0.717) is 0 Å². The van der Waals surface area contributed by atoms with E-state index in [9.17, 15) is 19.5 Å². The van der Waals surface area contributed by atoms with Crippen molar-refractivity contribution >= 4 is 17.8 Å². The van der Waals surface area contributed by atoms with Crippen LogP contribution in [0.5, 0.6) is 0 Å². The molecule has 2 aromatic carbocycles. The Morgan fingerprint density at radius 1 is 1.04 bits per heavy atom. The van der Waals surface area contributed by atoms with Crippen LogP contribution in [0.15, 0.2) is 48.5 Å². The lowest BCUT2D eigenvalue weighted by Crippen LogP contribution is -2.44. The number of carboxylic acids is 1. The molecule has 6 nitrogen and oxygen atoms in total. The molecule has 0 aliphatic heterocycles. The quantitative estimate of drug-likeness (QED) is 0.720. The Labute approximate surface area is 163 Å². The van der Waals surface area contributed by atoms with Gasteiger partial charge in [0.15, 0.2) is 0 Å². The SMILES string of the molecule is CCOC(=O)[C@@H](C)C[C@@H](NC(=O)C1c2ccccc2-c2ccccc21)C(=O)O. The number of rotatable bonds is 7. The van der Waals surface area contributed by atoms with E-state index in [1.54, 1.807) is 13.8 Å². The average Bonchev–Trinajstić information content (AvgIpc) is 3.02. The van der Waals surface area contributed by atoms with Crippen molar-refractivity contribution in [1.82, 2.24) is 5.32 Å². The Bertz CT molecular complexity index is 862. The molecule has 2 N–H and O–H groups in total. The molecule has 2 aromatic rings. The summed E-state index contributed by atoms with van der Waals surface area (Å²) < 4.78 is 4.94. The summed E-state index contributed by atoms with van der Waals surface area (Å²) in [6, 6.07) is 14.1. The van der Waals surface area contributed by atoms with E-state index in [-0.39, 0.29) is 18.9 Å². The zero-order chi connectivity index (χ0) is 20.3. The summed E-state index contributed by atoms with van der Waals surface area (Å²) in [5.41, 5.74) is 3.66. The summed E-state index contributed by atoms with van der Waals surface area (Å²) in [6.07, 6.45) is -0.0318. The van der Waals surface area contributed by atoms with Crippen molar-refractivity contribution in [3.63, 3.8) is 0 Å². The lowest BCUT2D eigenvalue weighted by molar-refractivity contribution is -0.149. The van der Waals surface area contributed by atoms with Crippen LogP contribution < -0.4 is 5.32 Å². The standard InChI is InChI=1S/C22H23NO5/c1-3-28-22(27)13(2)12-18(21(25)26)23-20(24)19-16-10-6-4-8-14(16)15-9-5-7-11-17(15)19/h4-11,13,18-19H,3,12H2,1-2H3,(H,23,24)(H,25,26)/t13-,18+/m0/s1. The van der Waals surface area contributed by atoms with Gasteiger partial charge in [0, 0.05) is 0 Å². The number of hydrogen-bond donors (Lipinski definition) is 2. The maximum absolute atomic E-state index is 13.1. The van der Waals surface area contributed by atoms with Gasteiger partial charge in [-0.3, -0.25) is 9.59 Å². The van der Waals surface area contributed by atoms with Crippen LogP contribution in [0.4, 0.5) is 0 Å². The third-order valence-electron chi connectivity index (χ3n) is 4.99. The van der Waals surface area contributed by atoms with E-state index in [1.807, 2.05) is 48.5 Å². The Kier molecular flexibility index (Phi) is 5.78. The molecule has 3 rings (SSSR count). The van der Waals surface area contributed by atoms with E-state index in [0.717, 1.165) is 22.3 Å². The van der Waals surface area contributed by atoms with Gasteiger partial charge in [0.05, 0.1) is 18.4 Å². The van der Waals surface area contributed by atoms with E-state index in [1.165, 1.54) is 0 Å². The summed E-state index contributed by atoms with van der Waals surface area (Å²) in [7, 11) is 0. The van der Waals surface area contributed by atoms with Crippen molar-refractivity contribution in [2.45, 2.75) is 32.2 Å². The molecule has 0 aromatic heterocycles. The molecule has 0 radical (unpaired) electrons. The third kappa shape index (κ3) is 3.76. The van der Waals surface area contributed by atoms with Crippen LogP contribution in [0, 0.1) is 5.92 Å². The number of amides is 1. The fourth-order valence-corrected chi connectivity index (χ4v) is 3.65. The minimum Gasteiger partial charge on any atom is -0.480 e. The summed E-state index contributed by atoms with van der Waals surface area (Å²) in [4.78, 5) is 36.6. The van der Waals surface area contributed by atoms with Crippen LogP contribution in [0.3, 0.4) is 0 Å². The van der Waals surface area contributed by atoms with Gasteiger partial charge in [0.2, 0.25) is 5.91 Å². The number of hydrogen-bond acceptors (Lipinski definition) is 4. The highest BCUT2D eigenvalue weighted by molar-refractivity contribution is 5.97. The van der Waals surface area contributed by atoms with Crippen LogP contribution in [-0.4, -0.2) is 35.6 Å². The number of benzene rings is 2. The molecule has 0 bridgehead atoms. The summed E-state index contributed by atoms with van der Waals surface area (Å²) in [5.74, 6) is -3.25. The van der Waals surface area contributed by atoms with Gasteiger partial charge in [0.25, 0.3) is 0 Å². The fourth-order valence-electron chi connectivity index (χ4n) is 3.65. The highest BCUT2D eigenvalue weighted by Crippen LogP contribution is 2.44. The van der Waals surface area contributed by atoms with Gasteiger partial charge in [-0.1, -0.05) is 55.5 Å². The molecule has 28 heavy (non-hydrogen) atoms. The number of carbonyl (C=O) groups is 3. The predicted molar refractivity (Wildman–Crippen MR) is 104 cm³/mol. The first kappa shape index (κ1) is 19.6. The summed E-state index contributed by atoms with van der Waals surface area (Å²) in [6.45, 7) is 3.51. The molecule has 2 atom stereocenters. The van der Waals surface area contributed by atoms with Gasteiger partial charge in [-0.05, 0) is 35.6 Å². The first-order valence-corrected chi connectivity index (χ1v) is 9.32. The molecule has 146 valence electrons. The van der Waals surface area contributed by atoms with Crippen molar-refractivity contribution in [3.05, 3.63) is 59.7 Å². The Morgan fingerprint density at radius 2 is 1.57 bits per heavy atom. The number of carboxylic acid groups (broad SMARTS) is 1. The maximum Gasteiger partial charge on any atom is 0.326 e. The molecule has 1 aliphatic carbocycles. The smallest absolute Gasteiger partial charge is 0.326 e. The maximum atomic E-state index is 13.1. The molecule has 0 spiro atoms. The second kappa shape index (κ2) is 8.25. The zero-order valence-electron chi connectivity index (χ0n) is 15.8. The molecule has 1 aliphatic rings. The highest BCUT2D eigenvalue weighted by atomic mass is 16.5. The Hall–Kier alpha value is -3.15. The normalized spacial score (nSPS) is 14.5. The topological polar surface area (TPSA) is 92.7 Å². The highest BCUT2D eigenvalue weighted by Gasteiger charge is 2.36. The molecule has 0 fully saturated rings. The van der Waals surface area contributed by atoms with Gasteiger partial charge in [0.1, 0.15) is 6.04 Å². The second-order valence-electron chi connectivity index (χ2n) is 6.90. The first-order valence-electron chi connectivity index (χ1n) is 9.32. The molecule has 6 heteroatoms. The molecule has 0 unspecified atom stereocenters. The van der Waals surface area contributed by atoms with Crippen molar-refractivity contribution in [2.75, 3.05) is 6.61 Å². The van der Waals surface area contributed by atoms with Crippen LogP contribution in [0.1, 0.15) is 37.3 Å². The monoisotopic (exact) mass is 381 g/mol. The van der Waals surface area contributed by atoms with Crippen molar-refractivity contribution in [2.24, 2.45) is 5.92 Å². The minimum atomic E-state index is -1.18. The van der Waals surface area contributed by atoms with Crippen molar-refractivity contribution in [1.29, 1.82) is 0 Å². The lowest BCUT2D eigenvalue weighted by atomic mass is 9.94. The van der Waals surface area contributed by atoms with E-state index in [4.69, 9.17) is 4.74 Å². The number of nitrogens with one attached hydrogen (secondary N) is 1. The van der Waals surface area contributed by atoms with Gasteiger partial charge < -0.3 is 15.2 Å². The van der Waals surface area contributed by atoms with E-state index in [2.05, 4.69) is 5.32 Å². The average molecular weight is 381 g/mol. The molecule has 0 saturated carbocycles. The zero-order valence-corrected chi connectivity index (χ0v) is 15.8. The van der Waals surface area contributed by atoms with Crippen LogP contribution >= 0.6 is 0 Å². The van der Waals surface area contributed by atoms with Gasteiger partial charge >= 0.3 is 11.9 Å². The summed E-state index contributed by atoms with van der Waals surface area (Å²) >= 11 is 0. The molecular formula is C22H23NO5. The largest absolute Gasteiger partial charge is 0.480 e. The molecule has 1 amide bonds. The third-order valence-corrected chi connectivity index (χ3v) is 4.99. The Morgan fingerprint density at radius 3 is 2.07 bits per heavy atom. The predicted octanol–water partition coefficient (Wildman–Crippen LogP) is 2.96. The van der Waals surface area contributed by atoms with Gasteiger partial charge in [-0.15, -0.1) is 0 Å². The summed E-state index contributed by atoms with van der Waals surface area (Å²) in [5, 5.41) is 12.2. The number of fused-ring (bicyclic) bond motifs is 3. The number of aliphatic carboxylic acids is 1. The second-order valence-corrected chi connectivity index (χ2v) is 6.90. The van der Waals surface area contributed by atoms with Crippen LogP contribution in [0.2, 0.25) is 0 Å².